The summed E-state index contributed by atoms with van der Waals surface area (Å²) in [4.78, 5) is 19.4. The average Bonchev–Trinajstić information content (AvgIpc) is 3.28. The van der Waals surface area contributed by atoms with Crippen molar-refractivity contribution in [2.24, 2.45) is 0 Å². The van der Waals surface area contributed by atoms with E-state index in [0.717, 1.165) is 22.2 Å². The van der Waals surface area contributed by atoms with Crippen molar-refractivity contribution in [2.75, 3.05) is 0 Å². The van der Waals surface area contributed by atoms with Crippen molar-refractivity contribution in [2.45, 2.75) is 13.0 Å². The van der Waals surface area contributed by atoms with Gasteiger partial charge in [0.25, 0.3) is 0 Å². The van der Waals surface area contributed by atoms with Crippen LogP contribution >= 0.6 is 0 Å². The van der Waals surface area contributed by atoms with Crippen LogP contribution in [0, 0.1) is 0 Å². The summed E-state index contributed by atoms with van der Waals surface area (Å²) in [5.74, 6) is -0.0526. The fourth-order valence-electron chi connectivity index (χ4n) is 2.70. The second-order valence-electron chi connectivity index (χ2n) is 5.67. The van der Waals surface area contributed by atoms with E-state index in [2.05, 4.69) is 25.6 Å². The predicted molar refractivity (Wildman–Crippen MR) is 93.0 cm³/mol. The number of H-pyrrole nitrogens is 1. The van der Waals surface area contributed by atoms with Crippen molar-refractivity contribution >= 4 is 16.8 Å². The zero-order chi connectivity index (χ0) is 17.1. The van der Waals surface area contributed by atoms with Gasteiger partial charge in [0.2, 0.25) is 5.91 Å². The van der Waals surface area contributed by atoms with Gasteiger partial charge in [-0.1, -0.05) is 23.4 Å². The Morgan fingerprint density at radius 3 is 2.88 bits per heavy atom. The molecule has 124 valence electrons. The predicted octanol–water partition coefficient (Wildman–Crippen LogP) is 2.00. The Kier molecular flexibility index (Phi) is 3.96. The highest BCUT2D eigenvalue weighted by atomic mass is 16.1. The number of nitrogens with zero attached hydrogens (tertiary/aromatic N) is 4. The topological polar surface area (TPSA) is 88.5 Å². The number of nitrogens with one attached hydrogen (secondary N) is 2. The van der Waals surface area contributed by atoms with Gasteiger partial charge in [0.05, 0.1) is 24.8 Å². The summed E-state index contributed by atoms with van der Waals surface area (Å²) < 4.78 is 1.66. The van der Waals surface area contributed by atoms with E-state index in [0.29, 0.717) is 18.7 Å². The van der Waals surface area contributed by atoms with Crippen LogP contribution in [0.5, 0.6) is 0 Å². The van der Waals surface area contributed by atoms with Crippen molar-refractivity contribution < 1.29 is 4.79 Å². The third kappa shape index (κ3) is 3.25. The number of benzene rings is 1. The molecule has 2 N–H and O–H groups in total. The van der Waals surface area contributed by atoms with E-state index in [1.165, 1.54) is 0 Å². The normalized spacial score (nSPS) is 10.9. The van der Waals surface area contributed by atoms with Crippen molar-refractivity contribution in [3.63, 3.8) is 0 Å². The molecular formula is C18H16N6O. The van der Waals surface area contributed by atoms with Crippen LogP contribution in [0.2, 0.25) is 0 Å². The molecule has 0 aliphatic carbocycles. The molecule has 0 aliphatic heterocycles. The number of aromatic nitrogens is 5. The van der Waals surface area contributed by atoms with Gasteiger partial charge >= 0.3 is 0 Å². The van der Waals surface area contributed by atoms with E-state index >= 15 is 0 Å². The lowest BCUT2D eigenvalue weighted by atomic mass is 10.1. The Hall–Kier alpha value is -3.48. The molecule has 0 saturated carbocycles. The SMILES string of the molecule is O=C(Cc1c[nH]c2ccccc12)NCc1cn(-c2ccncc2)nn1. The number of pyridine rings is 1. The van der Waals surface area contributed by atoms with E-state index in [1.54, 1.807) is 23.3 Å². The molecule has 0 spiro atoms. The van der Waals surface area contributed by atoms with Gasteiger partial charge in [0, 0.05) is 29.5 Å². The van der Waals surface area contributed by atoms with Crippen molar-refractivity contribution in [1.29, 1.82) is 0 Å². The first-order valence-corrected chi connectivity index (χ1v) is 7.93. The highest BCUT2D eigenvalue weighted by Gasteiger charge is 2.09. The van der Waals surface area contributed by atoms with Gasteiger partial charge in [-0.25, -0.2) is 4.68 Å². The summed E-state index contributed by atoms with van der Waals surface area (Å²) in [5.41, 5.74) is 3.59. The molecule has 0 atom stereocenters. The largest absolute Gasteiger partial charge is 0.361 e. The van der Waals surface area contributed by atoms with Crippen molar-refractivity contribution in [1.82, 2.24) is 30.3 Å². The van der Waals surface area contributed by atoms with Crippen LogP contribution in [0.4, 0.5) is 0 Å². The first-order valence-electron chi connectivity index (χ1n) is 7.93. The van der Waals surface area contributed by atoms with E-state index in [1.807, 2.05) is 42.6 Å². The Bertz CT molecular complexity index is 1000. The molecule has 0 aliphatic rings. The van der Waals surface area contributed by atoms with Gasteiger partial charge in [-0.05, 0) is 23.8 Å². The lowest BCUT2D eigenvalue weighted by molar-refractivity contribution is -0.120. The molecule has 4 rings (SSSR count). The first-order chi connectivity index (χ1) is 12.3. The monoisotopic (exact) mass is 332 g/mol. The van der Waals surface area contributed by atoms with Crippen LogP contribution in [0.25, 0.3) is 16.6 Å². The molecule has 3 aromatic heterocycles. The van der Waals surface area contributed by atoms with Crippen LogP contribution in [0.1, 0.15) is 11.3 Å². The summed E-state index contributed by atoms with van der Waals surface area (Å²) in [6, 6.07) is 11.6. The fourth-order valence-corrected chi connectivity index (χ4v) is 2.70. The highest BCUT2D eigenvalue weighted by molar-refractivity contribution is 5.88. The zero-order valence-corrected chi connectivity index (χ0v) is 13.4. The number of carbonyl (C=O) groups is 1. The number of hydrogen-bond acceptors (Lipinski definition) is 4. The van der Waals surface area contributed by atoms with Crippen LogP contribution in [0.3, 0.4) is 0 Å². The number of carbonyl (C=O) groups excluding carboxylic acids is 1. The summed E-state index contributed by atoms with van der Waals surface area (Å²) in [6.45, 7) is 0.340. The van der Waals surface area contributed by atoms with Gasteiger partial charge in [0.1, 0.15) is 5.69 Å². The maximum absolute atomic E-state index is 12.2. The third-order valence-corrected chi connectivity index (χ3v) is 3.96. The smallest absolute Gasteiger partial charge is 0.224 e. The molecule has 0 radical (unpaired) electrons. The number of rotatable bonds is 5. The molecule has 0 fully saturated rings. The fraction of sp³-hybridized carbons (Fsp3) is 0.111. The maximum atomic E-state index is 12.2. The van der Waals surface area contributed by atoms with E-state index < -0.39 is 0 Å². The molecule has 3 heterocycles. The number of fused-ring (bicyclic) bond motifs is 1. The summed E-state index contributed by atoms with van der Waals surface area (Å²) in [6.07, 6.45) is 7.38. The zero-order valence-electron chi connectivity index (χ0n) is 13.4. The second-order valence-corrected chi connectivity index (χ2v) is 5.67. The molecule has 4 aromatic rings. The molecule has 7 heteroatoms. The Balaban J connectivity index is 1.38. The van der Waals surface area contributed by atoms with Crippen LogP contribution in [0.15, 0.2) is 61.2 Å². The molecular weight excluding hydrogens is 316 g/mol. The molecule has 1 aromatic carbocycles. The quantitative estimate of drug-likeness (QED) is 0.585. The summed E-state index contributed by atoms with van der Waals surface area (Å²) in [5, 5.41) is 12.1. The second kappa shape index (κ2) is 6.56. The molecule has 0 saturated heterocycles. The number of para-hydroxylation sites is 1. The van der Waals surface area contributed by atoms with Gasteiger partial charge in [-0.2, -0.15) is 0 Å². The Morgan fingerprint density at radius 2 is 2.00 bits per heavy atom. The molecule has 1 amide bonds. The Morgan fingerprint density at radius 1 is 1.16 bits per heavy atom. The van der Waals surface area contributed by atoms with Crippen LogP contribution in [-0.2, 0) is 17.8 Å². The third-order valence-electron chi connectivity index (χ3n) is 3.96. The average molecular weight is 332 g/mol. The van der Waals surface area contributed by atoms with Gasteiger partial charge in [-0.15, -0.1) is 5.10 Å². The minimum atomic E-state index is -0.0526. The number of aromatic amines is 1. The molecule has 7 nitrogen and oxygen atoms in total. The van der Waals surface area contributed by atoms with E-state index in [9.17, 15) is 4.79 Å². The summed E-state index contributed by atoms with van der Waals surface area (Å²) >= 11 is 0. The van der Waals surface area contributed by atoms with Gasteiger partial charge < -0.3 is 10.3 Å². The molecule has 0 unspecified atom stereocenters. The van der Waals surface area contributed by atoms with Gasteiger partial charge in [-0.3, -0.25) is 9.78 Å². The number of hydrogen-bond donors (Lipinski definition) is 2. The standard InChI is InChI=1S/C18H16N6O/c25-18(9-13-10-20-17-4-2-1-3-16(13)17)21-11-14-12-24(23-22-14)15-5-7-19-8-6-15/h1-8,10,12,20H,9,11H2,(H,21,25). The van der Waals surface area contributed by atoms with E-state index in [4.69, 9.17) is 0 Å². The summed E-state index contributed by atoms with van der Waals surface area (Å²) in [7, 11) is 0. The molecule has 0 bridgehead atoms. The van der Waals surface area contributed by atoms with E-state index in [-0.39, 0.29) is 5.91 Å². The minimum Gasteiger partial charge on any atom is -0.361 e. The highest BCUT2D eigenvalue weighted by Crippen LogP contribution is 2.18. The van der Waals surface area contributed by atoms with Crippen molar-refractivity contribution in [3.05, 3.63) is 72.4 Å². The molecule has 25 heavy (non-hydrogen) atoms. The minimum absolute atomic E-state index is 0.0526. The Labute approximate surface area is 143 Å². The van der Waals surface area contributed by atoms with Crippen LogP contribution in [-0.4, -0.2) is 30.9 Å². The number of amides is 1. The van der Waals surface area contributed by atoms with Gasteiger partial charge in [0.15, 0.2) is 0 Å². The van der Waals surface area contributed by atoms with Crippen molar-refractivity contribution in [3.8, 4) is 5.69 Å². The maximum Gasteiger partial charge on any atom is 0.224 e. The van der Waals surface area contributed by atoms with Crippen LogP contribution < -0.4 is 5.32 Å². The lowest BCUT2D eigenvalue weighted by Crippen LogP contribution is -2.24. The first kappa shape index (κ1) is 15.1. The lowest BCUT2D eigenvalue weighted by Gasteiger charge is -2.02.